The summed E-state index contributed by atoms with van der Waals surface area (Å²) in [5.41, 5.74) is 10.8. The summed E-state index contributed by atoms with van der Waals surface area (Å²) in [4.78, 5) is 10.5. The molecule has 1 aromatic heterocycles. The molecule has 0 spiro atoms. The summed E-state index contributed by atoms with van der Waals surface area (Å²) in [7, 11) is 0. The van der Waals surface area contributed by atoms with Crippen LogP contribution in [0.15, 0.2) is 162 Å². The van der Waals surface area contributed by atoms with Gasteiger partial charge in [0.1, 0.15) is 11.7 Å². The molecule has 0 radical (unpaired) electrons. The Hall–Kier alpha value is -6.20. The normalized spacial score (nSPS) is 18.2. The highest BCUT2D eigenvalue weighted by atomic mass is 15.2. The molecule has 2 aliphatic heterocycles. The van der Waals surface area contributed by atoms with Crippen molar-refractivity contribution in [3.05, 3.63) is 168 Å². The molecule has 234 valence electrons. The molecule has 5 nitrogen and oxygen atoms in total. The Labute approximate surface area is 284 Å². The Bertz CT molecular complexity index is 2520. The van der Waals surface area contributed by atoms with Crippen LogP contribution in [0.3, 0.4) is 0 Å². The summed E-state index contributed by atoms with van der Waals surface area (Å²) in [6.45, 7) is 0.797. The molecule has 0 amide bonds. The lowest BCUT2D eigenvalue weighted by atomic mass is 9.89. The van der Waals surface area contributed by atoms with E-state index in [0.717, 1.165) is 35.8 Å². The van der Waals surface area contributed by atoms with Gasteiger partial charge < -0.3 is 15.2 Å². The first-order valence-corrected chi connectivity index (χ1v) is 17.0. The lowest BCUT2D eigenvalue weighted by Gasteiger charge is -2.29. The largest absolute Gasteiger partial charge is 0.380 e. The standard InChI is InChI=1S/C44H33N5/c1-2-12-29(13-3-1)42-46-43(30-14-10-15-33(25-30)49-39-19-8-6-17-35(39)36-18-7-9-20-40(36)49)48-44(47-42)31-21-22-32-27-45-38-24-23-28-11-4-5-16-34(28)41(38)37(32)26-31/h1-24,26,30,42,45H,25,27H2,(H,46,47,48). The molecule has 0 saturated heterocycles. The van der Waals surface area contributed by atoms with Crippen molar-refractivity contribution < 1.29 is 0 Å². The van der Waals surface area contributed by atoms with Gasteiger partial charge >= 0.3 is 0 Å². The molecule has 0 bridgehead atoms. The fourth-order valence-corrected chi connectivity index (χ4v) is 7.84. The lowest BCUT2D eigenvalue weighted by molar-refractivity contribution is 0.719. The number of aliphatic imine (C=N–C) groups is 2. The van der Waals surface area contributed by atoms with E-state index in [-0.39, 0.29) is 12.1 Å². The molecule has 1 aliphatic carbocycles. The number of nitrogens with zero attached hydrogens (tertiary/aromatic N) is 3. The first-order chi connectivity index (χ1) is 24.3. The SMILES string of the molecule is C1=CC(C2=NC(c3ccccc3)N=C(c3ccc4c(c3)-c3c(ccc5ccccc35)NC4)N2)CC(n2c3ccccc3c3ccccc32)=C1. The highest BCUT2D eigenvalue weighted by Crippen LogP contribution is 2.42. The topological polar surface area (TPSA) is 53.7 Å². The minimum Gasteiger partial charge on any atom is -0.380 e. The first-order valence-electron chi connectivity index (χ1n) is 17.0. The van der Waals surface area contributed by atoms with Crippen LogP contribution in [-0.2, 0) is 6.54 Å². The molecular formula is C44H33N5. The molecule has 2 unspecified atom stereocenters. The number of fused-ring (bicyclic) bond motifs is 8. The molecule has 49 heavy (non-hydrogen) atoms. The maximum absolute atomic E-state index is 5.28. The van der Waals surface area contributed by atoms with E-state index in [2.05, 4.69) is 161 Å². The smallest absolute Gasteiger partial charge is 0.169 e. The molecular weight excluding hydrogens is 599 g/mol. The summed E-state index contributed by atoms with van der Waals surface area (Å²) in [5, 5.41) is 12.4. The van der Waals surface area contributed by atoms with E-state index in [4.69, 9.17) is 9.98 Å². The van der Waals surface area contributed by atoms with Crippen LogP contribution in [0.1, 0.15) is 29.3 Å². The minimum absolute atomic E-state index is 0.0585. The van der Waals surface area contributed by atoms with Gasteiger partial charge in [-0.25, -0.2) is 9.98 Å². The average Bonchev–Trinajstić information content (AvgIpc) is 3.52. The Morgan fingerprint density at radius 2 is 1.41 bits per heavy atom. The number of benzene rings is 6. The van der Waals surface area contributed by atoms with Crippen LogP contribution in [0.25, 0.3) is 49.4 Å². The summed E-state index contributed by atoms with van der Waals surface area (Å²) in [5.74, 6) is 1.85. The van der Waals surface area contributed by atoms with E-state index in [1.807, 2.05) is 6.07 Å². The van der Waals surface area contributed by atoms with E-state index < -0.39 is 0 Å². The van der Waals surface area contributed by atoms with Crippen molar-refractivity contribution in [3.8, 4) is 11.1 Å². The van der Waals surface area contributed by atoms with Crippen molar-refractivity contribution in [2.45, 2.75) is 19.1 Å². The number of anilines is 1. The third kappa shape index (κ3) is 4.61. The Balaban J connectivity index is 1.05. The highest BCUT2D eigenvalue weighted by molar-refractivity contribution is 6.14. The van der Waals surface area contributed by atoms with Gasteiger partial charge in [-0.2, -0.15) is 0 Å². The molecule has 7 aromatic rings. The second-order valence-corrected chi connectivity index (χ2v) is 13.1. The molecule has 10 rings (SSSR count). The van der Waals surface area contributed by atoms with Crippen LogP contribution in [0.5, 0.6) is 0 Å². The van der Waals surface area contributed by atoms with Gasteiger partial charge in [-0.05, 0) is 57.8 Å². The van der Waals surface area contributed by atoms with Gasteiger partial charge in [0.15, 0.2) is 6.17 Å². The molecule has 3 aliphatic rings. The number of hydrogen-bond donors (Lipinski definition) is 2. The minimum atomic E-state index is -0.339. The fourth-order valence-electron chi connectivity index (χ4n) is 7.84. The zero-order chi connectivity index (χ0) is 32.3. The van der Waals surface area contributed by atoms with Gasteiger partial charge in [0.25, 0.3) is 0 Å². The van der Waals surface area contributed by atoms with Crippen molar-refractivity contribution in [2.24, 2.45) is 15.9 Å². The van der Waals surface area contributed by atoms with Gasteiger partial charge in [-0.1, -0.05) is 121 Å². The van der Waals surface area contributed by atoms with E-state index in [0.29, 0.717) is 0 Å². The zero-order valence-corrected chi connectivity index (χ0v) is 26.8. The molecule has 0 fully saturated rings. The molecule has 5 heteroatoms. The number of para-hydroxylation sites is 2. The Morgan fingerprint density at radius 3 is 2.22 bits per heavy atom. The van der Waals surface area contributed by atoms with Gasteiger partial charge in [-0.3, -0.25) is 0 Å². The van der Waals surface area contributed by atoms with E-state index in [1.54, 1.807) is 0 Å². The van der Waals surface area contributed by atoms with Crippen molar-refractivity contribution >= 4 is 55.6 Å². The van der Waals surface area contributed by atoms with Crippen LogP contribution in [0, 0.1) is 5.92 Å². The number of nitrogens with one attached hydrogen (secondary N) is 2. The van der Waals surface area contributed by atoms with E-state index >= 15 is 0 Å². The zero-order valence-electron chi connectivity index (χ0n) is 26.8. The van der Waals surface area contributed by atoms with Crippen LogP contribution in [0.2, 0.25) is 0 Å². The van der Waals surface area contributed by atoms with Crippen LogP contribution < -0.4 is 10.6 Å². The third-order valence-electron chi connectivity index (χ3n) is 10.2. The monoisotopic (exact) mass is 631 g/mol. The summed E-state index contributed by atoms with van der Waals surface area (Å²) < 4.78 is 2.42. The van der Waals surface area contributed by atoms with Gasteiger partial charge in [0, 0.05) is 52.2 Å². The summed E-state index contributed by atoms with van der Waals surface area (Å²) in [6.07, 6.45) is 7.19. The fraction of sp³-hybridized carbons (Fsp3) is 0.0909. The van der Waals surface area contributed by atoms with Gasteiger partial charge in [0.2, 0.25) is 0 Å². The number of amidine groups is 2. The summed E-state index contributed by atoms with van der Waals surface area (Å²) in [6, 6.07) is 47.7. The van der Waals surface area contributed by atoms with Crippen LogP contribution >= 0.6 is 0 Å². The van der Waals surface area contributed by atoms with E-state index in [1.165, 1.54) is 60.7 Å². The highest BCUT2D eigenvalue weighted by Gasteiger charge is 2.28. The maximum Gasteiger partial charge on any atom is 0.169 e. The van der Waals surface area contributed by atoms with Crippen molar-refractivity contribution in [1.29, 1.82) is 0 Å². The molecule has 2 atom stereocenters. The number of hydrogen-bond acceptors (Lipinski definition) is 4. The van der Waals surface area contributed by atoms with E-state index in [9.17, 15) is 0 Å². The number of aromatic nitrogens is 1. The molecule has 0 saturated carbocycles. The number of rotatable bonds is 4. The van der Waals surface area contributed by atoms with Crippen molar-refractivity contribution in [3.63, 3.8) is 0 Å². The van der Waals surface area contributed by atoms with Crippen molar-refractivity contribution in [2.75, 3.05) is 5.32 Å². The average molecular weight is 632 g/mol. The van der Waals surface area contributed by atoms with Gasteiger partial charge in [0.05, 0.1) is 11.0 Å². The lowest BCUT2D eigenvalue weighted by Crippen LogP contribution is -2.40. The number of allylic oxidation sites excluding steroid dienone is 3. The third-order valence-corrected chi connectivity index (χ3v) is 10.2. The predicted octanol–water partition coefficient (Wildman–Crippen LogP) is 10.1. The molecule has 6 aromatic carbocycles. The predicted molar refractivity (Wildman–Crippen MR) is 204 cm³/mol. The second-order valence-electron chi connectivity index (χ2n) is 13.1. The first kappa shape index (κ1) is 27.9. The second kappa shape index (κ2) is 11.2. The molecule has 3 heterocycles. The molecule has 2 N–H and O–H groups in total. The Morgan fingerprint density at radius 1 is 0.673 bits per heavy atom. The Kier molecular flexibility index (Phi) is 6.37. The maximum atomic E-state index is 5.28. The van der Waals surface area contributed by atoms with Gasteiger partial charge in [-0.15, -0.1) is 0 Å². The summed E-state index contributed by atoms with van der Waals surface area (Å²) >= 11 is 0. The van der Waals surface area contributed by atoms with Crippen LogP contribution in [-0.4, -0.2) is 16.2 Å². The van der Waals surface area contributed by atoms with Crippen molar-refractivity contribution in [1.82, 2.24) is 9.88 Å². The quantitative estimate of drug-likeness (QED) is 0.203. The van der Waals surface area contributed by atoms with Crippen LogP contribution in [0.4, 0.5) is 5.69 Å².